The lowest BCUT2D eigenvalue weighted by atomic mass is 9.98. The Balaban J connectivity index is 2.22. The number of nitrogens with zero attached hydrogens (tertiary/aromatic N) is 2. The van der Waals surface area contributed by atoms with Crippen molar-refractivity contribution in [2.75, 3.05) is 5.32 Å². The van der Waals surface area contributed by atoms with Crippen LogP contribution in [0.25, 0.3) is 0 Å². The number of pyridine rings is 1. The highest BCUT2D eigenvalue weighted by Gasteiger charge is 2.22. The molecule has 0 aliphatic rings. The van der Waals surface area contributed by atoms with Crippen LogP contribution in [0.15, 0.2) is 16.9 Å². The van der Waals surface area contributed by atoms with Crippen LogP contribution < -0.4 is 5.32 Å². The Morgan fingerprint density at radius 1 is 1.29 bits per heavy atom. The van der Waals surface area contributed by atoms with E-state index >= 15 is 0 Å². The molecule has 2 aromatic heterocycles. The Bertz CT molecular complexity index is 643. The van der Waals surface area contributed by atoms with Crippen LogP contribution in [0.5, 0.6) is 0 Å². The minimum absolute atomic E-state index is 0.100. The van der Waals surface area contributed by atoms with Crippen molar-refractivity contribution in [1.82, 2.24) is 9.97 Å². The molecule has 0 aliphatic heterocycles. The molecule has 1 unspecified atom stereocenters. The molecule has 0 amide bonds. The summed E-state index contributed by atoms with van der Waals surface area (Å²) >= 11 is 5.23. The molecule has 0 aromatic carbocycles. The molecule has 2 rings (SSSR count). The molecule has 0 saturated heterocycles. The van der Waals surface area contributed by atoms with E-state index in [0.29, 0.717) is 0 Å². The van der Waals surface area contributed by atoms with E-state index in [1.807, 2.05) is 13.1 Å². The van der Waals surface area contributed by atoms with Gasteiger partial charge in [-0.05, 0) is 48.3 Å². The van der Waals surface area contributed by atoms with Gasteiger partial charge in [-0.1, -0.05) is 20.8 Å². The maximum Gasteiger partial charge on any atom is 0.109 e. The van der Waals surface area contributed by atoms with Crippen molar-refractivity contribution in [3.05, 3.63) is 38.0 Å². The molecule has 1 N–H and O–H groups in total. The zero-order chi connectivity index (χ0) is 15.8. The fourth-order valence-electron chi connectivity index (χ4n) is 2.08. The van der Waals surface area contributed by atoms with Gasteiger partial charge < -0.3 is 5.32 Å². The van der Waals surface area contributed by atoms with Crippen LogP contribution in [0.4, 0.5) is 5.69 Å². The molecule has 0 bridgehead atoms. The predicted molar refractivity (Wildman–Crippen MR) is 94.3 cm³/mol. The first-order chi connectivity index (χ1) is 9.68. The molecule has 0 saturated carbocycles. The number of nitrogens with one attached hydrogen (secondary N) is 1. The molecule has 114 valence electrons. The van der Waals surface area contributed by atoms with Crippen molar-refractivity contribution in [3.8, 4) is 0 Å². The van der Waals surface area contributed by atoms with Crippen molar-refractivity contribution in [3.63, 3.8) is 0 Å². The summed E-state index contributed by atoms with van der Waals surface area (Å²) in [6.45, 7) is 12.9. The van der Waals surface area contributed by atoms with E-state index in [1.165, 1.54) is 9.88 Å². The zero-order valence-electron chi connectivity index (χ0n) is 13.4. The molecule has 5 heteroatoms. The van der Waals surface area contributed by atoms with Crippen LogP contribution in [0, 0.1) is 13.8 Å². The summed E-state index contributed by atoms with van der Waals surface area (Å²) in [7, 11) is 0. The Hall–Kier alpha value is -0.940. The van der Waals surface area contributed by atoms with E-state index in [0.717, 1.165) is 21.5 Å². The zero-order valence-corrected chi connectivity index (χ0v) is 15.8. The van der Waals surface area contributed by atoms with Gasteiger partial charge in [0.25, 0.3) is 0 Å². The SMILES string of the molecule is Cc1cc(NC(C)c2sc(C(C)(C)C)nc2C)cnc1Br. The van der Waals surface area contributed by atoms with E-state index < -0.39 is 0 Å². The quantitative estimate of drug-likeness (QED) is 0.739. The summed E-state index contributed by atoms with van der Waals surface area (Å²) in [6, 6.07) is 2.33. The lowest BCUT2D eigenvalue weighted by Gasteiger charge is -2.15. The van der Waals surface area contributed by atoms with Crippen molar-refractivity contribution in [1.29, 1.82) is 0 Å². The van der Waals surface area contributed by atoms with Gasteiger partial charge in [-0.3, -0.25) is 0 Å². The molecular weight excluding hydrogens is 346 g/mol. The van der Waals surface area contributed by atoms with Gasteiger partial charge in [-0.2, -0.15) is 0 Å². The van der Waals surface area contributed by atoms with Crippen LogP contribution in [0.3, 0.4) is 0 Å². The number of aromatic nitrogens is 2. The Labute approximate surface area is 139 Å². The molecule has 0 aliphatic carbocycles. The summed E-state index contributed by atoms with van der Waals surface area (Å²) in [5, 5.41) is 4.71. The molecule has 0 radical (unpaired) electrons. The summed E-state index contributed by atoms with van der Waals surface area (Å²) in [5.74, 6) is 0. The monoisotopic (exact) mass is 367 g/mol. The normalized spacial score (nSPS) is 13.3. The summed E-state index contributed by atoms with van der Waals surface area (Å²) in [6.07, 6.45) is 1.86. The number of hydrogen-bond acceptors (Lipinski definition) is 4. The third-order valence-corrected chi connectivity index (χ3v) is 5.86. The lowest BCUT2D eigenvalue weighted by molar-refractivity contribution is 0.584. The van der Waals surface area contributed by atoms with Gasteiger partial charge in [-0.15, -0.1) is 11.3 Å². The second kappa shape index (κ2) is 6.05. The number of thiazole rings is 1. The van der Waals surface area contributed by atoms with Crippen LogP contribution >= 0.6 is 27.3 Å². The number of anilines is 1. The van der Waals surface area contributed by atoms with Gasteiger partial charge in [0.1, 0.15) is 4.60 Å². The predicted octanol–water partition coefficient (Wildman–Crippen LogP) is 5.39. The second-order valence-electron chi connectivity index (χ2n) is 6.42. The summed E-state index contributed by atoms with van der Waals surface area (Å²) < 4.78 is 0.893. The Morgan fingerprint density at radius 2 is 1.95 bits per heavy atom. The van der Waals surface area contributed by atoms with E-state index in [2.05, 4.69) is 66.9 Å². The minimum Gasteiger partial charge on any atom is -0.376 e. The van der Waals surface area contributed by atoms with Gasteiger partial charge in [-0.25, -0.2) is 9.97 Å². The van der Waals surface area contributed by atoms with Crippen molar-refractivity contribution in [2.24, 2.45) is 0 Å². The van der Waals surface area contributed by atoms with E-state index in [9.17, 15) is 0 Å². The van der Waals surface area contributed by atoms with Gasteiger partial charge >= 0.3 is 0 Å². The fourth-order valence-corrected chi connectivity index (χ4v) is 3.43. The van der Waals surface area contributed by atoms with Crippen LogP contribution in [0.2, 0.25) is 0 Å². The van der Waals surface area contributed by atoms with Crippen molar-refractivity contribution >= 4 is 33.0 Å². The van der Waals surface area contributed by atoms with Gasteiger partial charge in [0, 0.05) is 10.3 Å². The molecule has 3 nitrogen and oxygen atoms in total. The second-order valence-corrected chi connectivity index (χ2v) is 8.20. The molecule has 1 atom stereocenters. The standard InChI is InChI=1S/C16H22BrN3S/c1-9-7-12(8-18-14(9)17)19-10(2)13-11(3)20-15(21-13)16(4,5)6/h7-8,10,19H,1-6H3. The smallest absolute Gasteiger partial charge is 0.109 e. The van der Waals surface area contributed by atoms with Crippen LogP contribution in [0.1, 0.15) is 54.9 Å². The highest BCUT2D eigenvalue weighted by Crippen LogP contribution is 2.33. The lowest BCUT2D eigenvalue weighted by Crippen LogP contribution is -2.10. The number of halogens is 1. The molecular formula is C16H22BrN3S. The van der Waals surface area contributed by atoms with Crippen molar-refractivity contribution in [2.45, 2.75) is 53.0 Å². The van der Waals surface area contributed by atoms with Crippen LogP contribution in [-0.4, -0.2) is 9.97 Å². The maximum atomic E-state index is 4.73. The van der Waals surface area contributed by atoms with Gasteiger partial charge in [0.2, 0.25) is 0 Å². The minimum atomic E-state index is 0.100. The molecule has 0 fully saturated rings. The molecule has 21 heavy (non-hydrogen) atoms. The average Bonchev–Trinajstić information content (AvgIpc) is 2.76. The Kier molecular flexibility index (Phi) is 4.73. The van der Waals surface area contributed by atoms with Crippen LogP contribution in [-0.2, 0) is 5.41 Å². The summed E-state index contributed by atoms with van der Waals surface area (Å²) in [5.41, 5.74) is 3.38. The summed E-state index contributed by atoms with van der Waals surface area (Å²) in [4.78, 5) is 10.4. The van der Waals surface area contributed by atoms with Gasteiger partial charge in [0.05, 0.1) is 28.6 Å². The number of rotatable bonds is 3. The average molecular weight is 368 g/mol. The number of hydrogen-bond donors (Lipinski definition) is 1. The molecule has 2 heterocycles. The van der Waals surface area contributed by atoms with E-state index in [1.54, 1.807) is 11.3 Å². The third kappa shape index (κ3) is 3.83. The molecule has 2 aromatic rings. The third-order valence-electron chi connectivity index (χ3n) is 3.26. The van der Waals surface area contributed by atoms with E-state index in [4.69, 9.17) is 4.98 Å². The van der Waals surface area contributed by atoms with Crippen molar-refractivity contribution < 1.29 is 0 Å². The first-order valence-electron chi connectivity index (χ1n) is 7.05. The first kappa shape index (κ1) is 16.4. The highest BCUT2D eigenvalue weighted by atomic mass is 79.9. The highest BCUT2D eigenvalue weighted by molar-refractivity contribution is 9.10. The topological polar surface area (TPSA) is 37.8 Å². The molecule has 0 spiro atoms. The van der Waals surface area contributed by atoms with E-state index in [-0.39, 0.29) is 11.5 Å². The fraction of sp³-hybridized carbons (Fsp3) is 0.500. The number of aryl methyl sites for hydroxylation is 2. The Morgan fingerprint density at radius 3 is 2.48 bits per heavy atom. The first-order valence-corrected chi connectivity index (χ1v) is 8.66. The maximum absolute atomic E-state index is 4.73. The largest absolute Gasteiger partial charge is 0.376 e. The van der Waals surface area contributed by atoms with Gasteiger partial charge in [0.15, 0.2) is 0 Å².